The molecule has 1 saturated carbocycles. The third-order valence-corrected chi connectivity index (χ3v) is 6.32. The van der Waals surface area contributed by atoms with Crippen LogP contribution in [-0.4, -0.2) is 73.6 Å². The molecule has 0 unspecified atom stereocenters. The first-order valence-electron chi connectivity index (χ1n) is 9.84. The van der Waals surface area contributed by atoms with Crippen molar-refractivity contribution in [2.75, 3.05) is 45.9 Å². The van der Waals surface area contributed by atoms with Crippen LogP contribution in [0.2, 0.25) is 0 Å². The molecule has 0 aromatic heterocycles. The first-order chi connectivity index (χ1) is 12.0. The highest BCUT2D eigenvalue weighted by Crippen LogP contribution is 2.45. The lowest BCUT2D eigenvalue weighted by Crippen LogP contribution is -2.44. The largest absolute Gasteiger partial charge is 0.379 e. The molecule has 2 aliphatic heterocycles. The second-order valence-electron chi connectivity index (χ2n) is 8.25. The quantitative estimate of drug-likeness (QED) is 0.774. The smallest absolute Gasteiger partial charge is 0.223 e. The molecule has 0 aromatic rings. The summed E-state index contributed by atoms with van der Waals surface area (Å²) in [5.41, 5.74) is 0. The van der Waals surface area contributed by atoms with E-state index in [-0.39, 0.29) is 11.8 Å². The van der Waals surface area contributed by atoms with E-state index in [0.29, 0.717) is 42.7 Å². The Morgan fingerprint density at radius 2 is 2.00 bits per heavy atom. The van der Waals surface area contributed by atoms with Gasteiger partial charge in [-0.1, -0.05) is 20.8 Å². The van der Waals surface area contributed by atoms with E-state index in [1.807, 2.05) is 13.8 Å². The maximum absolute atomic E-state index is 12.6. The third kappa shape index (κ3) is 4.17. The van der Waals surface area contributed by atoms with E-state index in [4.69, 9.17) is 4.74 Å². The zero-order valence-electron chi connectivity index (χ0n) is 15.9. The number of amides is 2. The fourth-order valence-corrected chi connectivity index (χ4v) is 4.73. The van der Waals surface area contributed by atoms with Gasteiger partial charge in [0.25, 0.3) is 0 Å². The Morgan fingerprint density at radius 3 is 2.68 bits per heavy atom. The number of nitrogens with one attached hydrogen (secondary N) is 1. The number of nitrogens with zero attached hydrogens (tertiary/aromatic N) is 2. The van der Waals surface area contributed by atoms with E-state index < -0.39 is 0 Å². The average Bonchev–Trinajstić information content (AvgIpc) is 3.05. The van der Waals surface area contributed by atoms with Gasteiger partial charge in [-0.05, 0) is 24.2 Å². The molecule has 6 nitrogen and oxygen atoms in total. The molecule has 1 aliphatic carbocycles. The Bertz CT molecular complexity index is 490. The lowest BCUT2D eigenvalue weighted by molar-refractivity contribution is -0.129. The van der Waals surface area contributed by atoms with Gasteiger partial charge < -0.3 is 15.0 Å². The molecule has 0 spiro atoms. The van der Waals surface area contributed by atoms with E-state index in [2.05, 4.69) is 22.0 Å². The van der Waals surface area contributed by atoms with Gasteiger partial charge in [0, 0.05) is 51.1 Å². The molecule has 1 N–H and O–H groups in total. The summed E-state index contributed by atoms with van der Waals surface area (Å²) in [6.07, 6.45) is 1.72. The third-order valence-electron chi connectivity index (χ3n) is 6.32. The van der Waals surface area contributed by atoms with Crippen LogP contribution in [0.5, 0.6) is 0 Å². The first-order valence-corrected chi connectivity index (χ1v) is 9.84. The fraction of sp³-hybridized carbons (Fsp3) is 0.895. The lowest BCUT2D eigenvalue weighted by atomic mass is 9.88. The van der Waals surface area contributed by atoms with Crippen LogP contribution in [0, 0.1) is 23.7 Å². The summed E-state index contributed by atoms with van der Waals surface area (Å²) in [7, 11) is 0. The zero-order valence-corrected chi connectivity index (χ0v) is 15.9. The second kappa shape index (κ2) is 8.04. The maximum Gasteiger partial charge on any atom is 0.223 e. The number of carbonyl (C=O) groups is 2. The molecule has 4 atom stereocenters. The van der Waals surface area contributed by atoms with Crippen molar-refractivity contribution in [3.63, 3.8) is 0 Å². The molecule has 6 heteroatoms. The predicted molar refractivity (Wildman–Crippen MR) is 96.0 cm³/mol. The Morgan fingerprint density at radius 1 is 1.28 bits per heavy atom. The molecule has 3 rings (SSSR count). The number of fused-ring (bicyclic) bond motifs is 1. The van der Waals surface area contributed by atoms with Crippen molar-refractivity contribution in [1.82, 2.24) is 15.1 Å². The van der Waals surface area contributed by atoms with Crippen LogP contribution in [0.3, 0.4) is 0 Å². The number of likely N-dealkylation sites (tertiary alicyclic amines) is 1. The summed E-state index contributed by atoms with van der Waals surface area (Å²) in [4.78, 5) is 29.0. The van der Waals surface area contributed by atoms with Gasteiger partial charge in [-0.15, -0.1) is 0 Å². The van der Waals surface area contributed by atoms with Crippen molar-refractivity contribution in [1.29, 1.82) is 0 Å². The zero-order chi connectivity index (χ0) is 18.0. The van der Waals surface area contributed by atoms with E-state index in [9.17, 15) is 9.59 Å². The molecule has 2 heterocycles. The highest BCUT2D eigenvalue weighted by molar-refractivity contribution is 5.80. The summed E-state index contributed by atoms with van der Waals surface area (Å²) in [6, 6.07) is 0.365. The molecule has 0 radical (unpaired) electrons. The van der Waals surface area contributed by atoms with E-state index >= 15 is 0 Å². The minimum Gasteiger partial charge on any atom is -0.379 e. The van der Waals surface area contributed by atoms with Gasteiger partial charge in [0.1, 0.15) is 0 Å². The maximum atomic E-state index is 12.6. The molecular weight excluding hydrogens is 318 g/mol. The summed E-state index contributed by atoms with van der Waals surface area (Å²) >= 11 is 0. The minimum atomic E-state index is 0.0164. The molecule has 2 amide bonds. The SMILES string of the molecule is CC(C)C(=O)NC[C@H]1[C@@H]2CC(=O)N(CCN3CCOCC3)[C@@H]2C[C@@H]1C. The highest BCUT2D eigenvalue weighted by Gasteiger charge is 2.50. The standard InChI is InChI=1S/C19H33N3O3/c1-13(2)19(24)20-12-16-14(3)10-17-15(16)11-18(23)22(17)5-4-21-6-8-25-9-7-21/h13-17H,4-12H2,1-3H3,(H,20,24)/t14-,15-,16+,17+/m0/s1. The Kier molecular flexibility index (Phi) is 6.00. The number of hydrogen-bond donors (Lipinski definition) is 1. The van der Waals surface area contributed by atoms with Crippen molar-refractivity contribution in [3.8, 4) is 0 Å². The number of ether oxygens (including phenoxy) is 1. The minimum absolute atomic E-state index is 0.0164. The van der Waals surface area contributed by atoms with Crippen LogP contribution in [-0.2, 0) is 14.3 Å². The molecule has 3 fully saturated rings. The number of rotatable bonds is 6. The van der Waals surface area contributed by atoms with Crippen molar-refractivity contribution < 1.29 is 14.3 Å². The molecule has 0 bridgehead atoms. The van der Waals surface area contributed by atoms with Crippen molar-refractivity contribution >= 4 is 11.8 Å². The van der Waals surface area contributed by atoms with Crippen LogP contribution >= 0.6 is 0 Å². The Labute approximate surface area is 151 Å². The molecule has 25 heavy (non-hydrogen) atoms. The van der Waals surface area contributed by atoms with E-state index in [1.54, 1.807) is 0 Å². The summed E-state index contributed by atoms with van der Waals surface area (Å²) in [5.74, 6) is 1.81. The lowest BCUT2D eigenvalue weighted by Gasteiger charge is -2.31. The van der Waals surface area contributed by atoms with Gasteiger partial charge in [-0.3, -0.25) is 14.5 Å². The Balaban J connectivity index is 1.54. The highest BCUT2D eigenvalue weighted by atomic mass is 16.5. The van der Waals surface area contributed by atoms with Gasteiger partial charge in [0.2, 0.25) is 11.8 Å². The molecule has 2 saturated heterocycles. The van der Waals surface area contributed by atoms with Crippen LogP contribution in [0.1, 0.15) is 33.6 Å². The normalized spacial score (nSPS) is 33.1. The second-order valence-corrected chi connectivity index (χ2v) is 8.25. The van der Waals surface area contributed by atoms with Crippen LogP contribution in [0.25, 0.3) is 0 Å². The van der Waals surface area contributed by atoms with Crippen LogP contribution in [0.15, 0.2) is 0 Å². The van der Waals surface area contributed by atoms with Crippen molar-refractivity contribution in [2.45, 2.75) is 39.7 Å². The fourth-order valence-electron chi connectivity index (χ4n) is 4.73. The number of carbonyl (C=O) groups excluding carboxylic acids is 2. The molecule has 0 aromatic carbocycles. The van der Waals surface area contributed by atoms with E-state index in [1.165, 1.54) is 0 Å². The number of hydrogen-bond acceptors (Lipinski definition) is 4. The van der Waals surface area contributed by atoms with Gasteiger partial charge in [0.05, 0.1) is 13.2 Å². The first kappa shape index (κ1) is 18.6. The summed E-state index contributed by atoms with van der Waals surface area (Å²) < 4.78 is 5.40. The van der Waals surface area contributed by atoms with Gasteiger partial charge in [-0.2, -0.15) is 0 Å². The summed E-state index contributed by atoms with van der Waals surface area (Å²) in [6.45, 7) is 12.1. The molecular formula is C19H33N3O3. The van der Waals surface area contributed by atoms with Crippen LogP contribution < -0.4 is 5.32 Å². The predicted octanol–water partition coefficient (Wildman–Crippen LogP) is 0.964. The van der Waals surface area contributed by atoms with Gasteiger partial charge in [0.15, 0.2) is 0 Å². The van der Waals surface area contributed by atoms with Crippen molar-refractivity contribution in [2.24, 2.45) is 23.7 Å². The summed E-state index contributed by atoms with van der Waals surface area (Å²) in [5, 5.41) is 3.09. The van der Waals surface area contributed by atoms with Crippen molar-refractivity contribution in [3.05, 3.63) is 0 Å². The topological polar surface area (TPSA) is 61.9 Å². The monoisotopic (exact) mass is 351 g/mol. The van der Waals surface area contributed by atoms with E-state index in [0.717, 1.165) is 45.8 Å². The molecule has 142 valence electrons. The molecule has 3 aliphatic rings. The average molecular weight is 351 g/mol. The van der Waals surface area contributed by atoms with Gasteiger partial charge >= 0.3 is 0 Å². The van der Waals surface area contributed by atoms with Gasteiger partial charge in [-0.25, -0.2) is 0 Å². The van der Waals surface area contributed by atoms with Crippen LogP contribution in [0.4, 0.5) is 0 Å². The Hall–Kier alpha value is -1.14. The number of morpholine rings is 1.